The third kappa shape index (κ3) is 7.01. The molecule has 0 radical (unpaired) electrons. The Labute approximate surface area is 251 Å². The predicted octanol–water partition coefficient (Wildman–Crippen LogP) is 4.11. The maximum Gasteiger partial charge on any atom is 0.332 e. The zero-order valence-corrected chi connectivity index (χ0v) is 25.3. The summed E-state index contributed by atoms with van der Waals surface area (Å²) in [5.41, 5.74) is 2.74. The van der Waals surface area contributed by atoms with Gasteiger partial charge in [-0.3, -0.25) is 18.7 Å². The average Bonchev–Trinajstić information content (AvgIpc) is 3.43. The number of aromatic nitrogens is 4. The molecule has 4 aromatic rings. The van der Waals surface area contributed by atoms with E-state index >= 15 is 0 Å². The number of carbonyl (C=O) groups excluding carboxylic acids is 1. The fourth-order valence-corrected chi connectivity index (χ4v) is 5.51. The number of aryl methyl sites for hydroxylation is 2. The number of anilines is 1. The van der Waals surface area contributed by atoms with Gasteiger partial charge in [0.05, 0.1) is 0 Å². The second kappa shape index (κ2) is 14.2. The molecule has 0 unspecified atom stereocenters. The first-order valence-electron chi connectivity index (χ1n) is 15.5. The quantitative estimate of drug-likeness (QED) is 0.239. The molecule has 10 heteroatoms. The number of hydrogen-bond acceptors (Lipinski definition) is 6. The Kier molecular flexibility index (Phi) is 9.96. The van der Waals surface area contributed by atoms with Crippen LogP contribution in [0.5, 0.6) is 5.75 Å². The highest BCUT2D eigenvalue weighted by molar-refractivity contribution is 5.77. The van der Waals surface area contributed by atoms with Gasteiger partial charge in [-0.15, -0.1) is 0 Å². The summed E-state index contributed by atoms with van der Waals surface area (Å²) in [4.78, 5) is 46.2. The molecule has 0 spiro atoms. The number of benzene rings is 2. The minimum atomic E-state index is -0.252. The number of unbranched alkanes of at least 4 members (excludes halogenated alkanes) is 2. The van der Waals surface area contributed by atoms with Gasteiger partial charge in [-0.05, 0) is 48.9 Å². The largest absolute Gasteiger partial charge is 0.484 e. The summed E-state index contributed by atoms with van der Waals surface area (Å²) in [6.07, 6.45) is 5.18. The summed E-state index contributed by atoms with van der Waals surface area (Å²) < 4.78 is 10.8. The van der Waals surface area contributed by atoms with E-state index in [2.05, 4.69) is 24.1 Å². The molecule has 2 aromatic carbocycles. The van der Waals surface area contributed by atoms with Crippen molar-refractivity contribution in [1.29, 1.82) is 0 Å². The van der Waals surface area contributed by atoms with Gasteiger partial charge < -0.3 is 19.5 Å². The molecule has 1 aliphatic heterocycles. The Morgan fingerprint density at radius 2 is 1.60 bits per heavy atom. The molecular formula is C33H42N6O4. The fraction of sp³-hybridized carbons (Fsp3) is 0.455. The van der Waals surface area contributed by atoms with Crippen LogP contribution in [0.1, 0.15) is 57.1 Å². The molecule has 2 aromatic heterocycles. The third-order valence-electron chi connectivity index (χ3n) is 7.95. The normalized spacial score (nSPS) is 12.8. The smallest absolute Gasteiger partial charge is 0.332 e. The Morgan fingerprint density at radius 3 is 2.33 bits per heavy atom. The first kappa shape index (κ1) is 30.1. The molecule has 5 rings (SSSR count). The van der Waals surface area contributed by atoms with Crippen molar-refractivity contribution in [2.75, 3.05) is 24.6 Å². The van der Waals surface area contributed by atoms with E-state index < -0.39 is 0 Å². The van der Waals surface area contributed by atoms with Crippen molar-refractivity contribution in [2.45, 2.75) is 78.6 Å². The summed E-state index contributed by atoms with van der Waals surface area (Å²) in [7, 11) is 0. The molecule has 0 saturated carbocycles. The van der Waals surface area contributed by atoms with Crippen LogP contribution < -0.4 is 26.2 Å². The Balaban J connectivity index is 1.25. The van der Waals surface area contributed by atoms with Crippen LogP contribution in [0.4, 0.5) is 5.95 Å². The highest BCUT2D eigenvalue weighted by Crippen LogP contribution is 2.25. The topological polar surface area (TPSA) is 103 Å². The molecule has 1 aliphatic rings. The van der Waals surface area contributed by atoms with Crippen LogP contribution >= 0.6 is 0 Å². The van der Waals surface area contributed by atoms with E-state index in [1.807, 2.05) is 59.2 Å². The van der Waals surface area contributed by atoms with Gasteiger partial charge in [-0.2, -0.15) is 4.98 Å². The van der Waals surface area contributed by atoms with E-state index in [1.165, 1.54) is 4.57 Å². The van der Waals surface area contributed by atoms with Crippen LogP contribution in [0.2, 0.25) is 0 Å². The lowest BCUT2D eigenvalue weighted by Crippen LogP contribution is -2.41. The monoisotopic (exact) mass is 586 g/mol. The summed E-state index contributed by atoms with van der Waals surface area (Å²) in [6.45, 7) is 7.85. The van der Waals surface area contributed by atoms with E-state index in [0.29, 0.717) is 43.1 Å². The lowest BCUT2D eigenvalue weighted by molar-refractivity contribution is -0.123. The van der Waals surface area contributed by atoms with Crippen LogP contribution in [0.3, 0.4) is 0 Å². The van der Waals surface area contributed by atoms with Crippen molar-refractivity contribution in [1.82, 2.24) is 24.0 Å². The van der Waals surface area contributed by atoms with Crippen LogP contribution in [0, 0.1) is 0 Å². The summed E-state index contributed by atoms with van der Waals surface area (Å²) >= 11 is 0. The lowest BCUT2D eigenvalue weighted by Gasteiger charge is -2.29. The first-order valence-corrected chi connectivity index (χ1v) is 15.5. The molecule has 228 valence electrons. The van der Waals surface area contributed by atoms with Crippen molar-refractivity contribution in [3.05, 3.63) is 86.6 Å². The SMILES string of the molecule is CCCCn1c(=O)c2c(nc3n2CCCN3CCc2ccc(OCC(=O)NCc3ccccc3)cc2)n(CCCC)c1=O. The molecule has 1 N–H and O–H groups in total. The van der Waals surface area contributed by atoms with Crippen molar-refractivity contribution in [3.63, 3.8) is 0 Å². The average molecular weight is 587 g/mol. The van der Waals surface area contributed by atoms with Crippen molar-refractivity contribution in [3.8, 4) is 5.75 Å². The van der Waals surface area contributed by atoms with Crippen LogP contribution in [-0.2, 0) is 37.4 Å². The van der Waals surface area contributed by atoms with Crippen LogP contribution in [0.15, 0.2) is 64.2 Å². The van der Waals surface area contributed by atoms with Crippen molar-refractivity contribution < 1.29 is 9.53 Å². The lowest BCUT2D eigenvalue weighted by atomic mass is 10.1. The number of nitrogens with one attached hydrogen (secondary N) is 1. The van der Waals surface area contributed by atoms with Gasteiger partial charge in [0.25, 0.3) is 11.5 Å². The molecule has 0 saturated heterocycles. The van der Waals surface area contributed by atoms with E-state index in [0.717, 1.165) is 68.7 Å². The number of rotatable bonds is 14. The van der Waals surface area contributed by atoms with Crippen LogP contribution in [0.25, 0.3) is 11.2 Å². The third-order valence-corrected chi connectivity index (χ3v) is 7.95. The molecule has 0 aliphatic carbocycles. The van der Waals surface area contributed by atoms with Crippen molar-refractivity contribution in [2.24, 2.45) is 0 Å². The maximum absolute atomic E-state index is 13.6. The van der Waals surface area contributed by atoms with E-state index in [-0.39, 0.29) is 23.8 Å². The predicted molar refractivity (Wildman–Crippen MR) is 169 cm³/mol. The minimum Gasteiger partial charge on any atom is -0.484 e. The maximum atomic E-state index is 13.6. The van der Waals surface area contributed by atoms with Gasteiger partial charge in [0.1, 0.15) is 5.75 Å². The number of ether oxygens (including phenoxy) is 1. The second-order valence-corrected chi connectivity index (χ2v) is 11.1. The number of amides is 1. The van der Waals surface area contributed by atoms with Gasteiger partial charge >= 0.3 is 5.69 Å². The Bertz CT molecular complexity index is 1640. The molecule has 0 bridgehead atoms. The van der Waals surface area contributed by atoms with Gasteiger partial charge in [0.2, 0.25) is 5.95 Å². The zero-order chi connectivity index (χ0) is 30.2. The number of imidazole rings is 1. The molecule has 43 heavy (non-hydrogen) atoms. The fourth-order valence-electron chi connectivity index (χ4n) is 5.51. The van der Waals surface area contributed by atoms with Gasteiger partial charge in [0.15, 0.2) is 17.8 Å². The van der Waals surface area contributed by atoms with E-state index in [1.54, 1.807) is 4.57 Å². The van der Waals surface area contributed by atoms with Gasteiger partial charge in [-0.25, -0.2) is 4.79 Å². The Morgan fingerprint density at radius 1 is 0.884 bits per heavy atom. The van der Waals surface area contributed by atoms with E-state index in [4.69, 9.17) is 9.72 Å². The van der Waals surface area contributed by atoms with Gasteiger partial charge in [-0.1, -0.05) is 69.2 Å². The summed E-state index contributed by atoms with van der Waals surface area (Å²) in [5, 5.41) is 2.87. The first-order chi connectivity index (χ1) is 21.0. The second-order valence-electron chi connectivity index (χ2n) is 11.1. The Hall–Kier alpha value is -4.34. The number of fused-ring (bicyclic) bond motifs is 3. The highest BCUT2D eigenvalue weighted by Gasteiger charge is 2.26. The molecular weight excluding hydrogens is 544 g/mol. The molecule has 1 amide bonds. The molecule has 0 atom stereocenters. The highest BCUT2D eigenvalue weighted by atomic mass is 16.5. The van der Waals surface area contributed by atoms with Crippen LogP contribution in [-0.4, -0.2) is 44.3 Å². The number of nitrogens with zero attached hydrogens (tertiary/aromatic N) is 5. The number of hydrogen-bond donors (Lipinski definition) is 1. The standard InChI is InChI=1S/C33H42N6O4/c1-3-5-19-38-30-29(31(41)39(33(38)42)20-6-4-2)37-21-10-18-36(32(37)35-30)22-17-25-13-15-27(16-14-25)43-24-28(40)34-23-26-11-8-7-9-12-26/h7-9,11-16H,3-6,10,17-24H2,1-2H3,(H,34,40). The molecule has 3 heterocycles. The van der Waals surface area contributed by atoms with E-state index in [9.17, 15) is 14.4 Å². The number of carbonyl (C=O) groups is 1. The molecule has 0 fully saturated rings. The summed E-state index contributed by atoms with van der Waals surface area (Å²) in [6, 6.07) is 17.6. The molecule has 10 nitrogen and oxygen atoms in total. The van der Waals surface area contributed by atoms with Crippen molar-refractivity contribution >= 4 is 23.0 Å². The summed E-state index contributed by atoms with van der Waals surface area (Å²) in [5.74, 6) is 1.23. The van der Waals surface area contributed by atoms with Gasteiger partial charge in [0, 0.05) is 39.3 Å². The zero-order valence-electron chi connectivity index (χ0n) is 25.3. The minimum absolute atomic E-state index is 0.0420.